The first-order chi connectivity index (χ1) is 11.0. The number of para-hydroxylation sites is 1. The van der Waals surface area contributed by atoms with Crippen LogP contribution in [0.4, 0.5) is 0 Å². The Kier molecular flexibility index (Phi) is 6.53. The number of sulfone groups is 1. The molecule has 0 radical (unpaired) electrons. The van der Waals surface area contributed by atoms with Gasteiger partial charge in [-0.25, -0.2) is 13.4 Å². The maximum atomic E-state index is 11.5. The molecule has 23 heavy (non-hydrogen) atoms. The first-order valence-corrected chi connectivity index (χ1v) is 9.82. The highest BCUT2D eigenvalue weighted by molar-refractivity contribution is 7.91. The van der Waals surface area contributed by atoms with Crippen LogP contribution in [-0.2, 0) is 9.84 Å². The van der Waals surface area contributed by atoms with Crippen molar-refractivity contribution in [3.63, 3.8) is 0 Å². The molecule has 1 aromatic rings. The van der Waals surface area contributed by atoms with Crippen LogP contribution in [0.3, 0.4) is 0 Å². The Hall–Kier alpha value is -1.47. The van der Waals surface area contributed by atoms with Gasteiger partial charge in [0.25, 0.3) is 0 Å². The maximum absolute atomic E-state index is 11.5. The third kappa shape index (κ3) is 5.91. The molecule has 128 valence electrons. The van der Waals surface area contributed by atoms with E-state index in [1.54, 1.807) is 12.1 Å². The van der Waals surface area contributed by atoms with E-state index in [1.807, 2.05) is 19.1 Å². The van der Waals surface area contributed by atoms with Crippen molar-refractivity contribution in [1.82, 2.24) is 10.6 Å². The summed E-state index contributed by atoms with van der Waals surface area (Å²) in [5, 5.41) is 6.84. The van der Waals surface area contributed by atoms with Crippen LogP contribution < -0.4 is 15.4 Å². The van der Waals surface area contributed by atoms with Gasteiger partial charge in [-0.05, 0) is 25.5 Å². The number of hydrogen-bond acceptors (Lipinski definition) is 4. The number of nitrogens with one attached hydrogen (secondary N) is 2. The summed E-state index contributed by atoms with van der Waals surface area (Å²) in [5.74, 6) is 1.63. The Labute approximate surface area is 142 Å². The Morgan fingerprint density at radius 3 is 2.87 bits per heavy atom. The van der Waals surface area contributed by atoms with Gasteiger partial charge in [-0.15, -0.1) is 0 Å². The smallest absolute Gasteiger partial charge is 0.191 e. The lowest BCUT2D eigenvalue weighted by molar-refractivity contribution is 0.328. The van der Waals surface area contributed by atoms with Gasteiger partial charge in [0.05, 0.1) is 23.1 Å². The molecule has 2 rings (SSSR count). The Balaban J connectivity index is 1.83. The monoisotopic (exact) mass is 359 g/mol. The molecule has 2 N–H and O–H groups in total. The van der Waals surface area contributed by atoms with Gasteiger partial charge in [0, 0.05) is 12.6 Å². The van der Waals surface area contributed by atoms with Crippen molar-refractivity contribution in [2.75, 3.05) is 31.2 Å². The van der Waals surface area contributed by atoms with E-state index in [9.17, 15) is 8.42 Å². The van der Waals surface area contributed by atoms with Crippen LogP contribution in [-0.4, -0.2) is 51.6 Å². The van der Waals surface area contributed by atoms with Crippen molar-refractivity contribution in [3.8, 4) is 5.75 Å². The minimum Gasteiger partial charge on any atom is -0.490 e. The van der Waals surface area contributed by atoms with Crippen molar-refractivity contribution >= 4 is 27.4 Å². The highest BCUT2D eigenvalue weighted by atomic mass is 35.5. The van der Waals surface area contributed by atoms with Crippen LogP contribution in [0.15, 0.2) is 29.3 Å². The summed E-state index contributed by atoms with van der Waals surface area (Å²) < 4.78 is 28.6. The zero-order valence-corrected chi connectivity index (χ0v) is 14.7. The largest absolute Gasteiger partial charge is 0.490 e. The van der Waals surface area contributed by atoms with Crippen molar-refractivity contribution < 1.29 is 13.2 Å². The van der Waals surface area contributed by atoms with E-state index >= 15 is 0 Å². The molecule has 1 fully saturated rings. The van der Waals surface area contributed by atoms with Gasteiger partial charge >= 0.3 is 0 Å². The molecule has 1 unspecified atom stereocenters. The lowest BCUT2D eigenvalue weighted by Crippen LogP contribution is -2.44. The first kappa shape index (κ1) is 17.9. The molecule has 0 aromatic heterocycles. The number of aliphatic imine (C=N–C) groups is 1. The molecule has 0 spiro atoms. The van der Waals surface area contributed by atoms with Crippen molar-refractivity contribution in [3.05, 3.63) is 29.3 Å². The van der Waals surface area contributed by atoms with Crippen LogP contribution in [0.25, 0.3) is 0 Å². The summed E-state index contributed by atoms with van der Waals surface area (Å²) >= 11 is 6.01. The molecule has 0 amide bonds. The predicted octanol–water partition coefficient (Wildman–Crippen LogP) is 1.46. The number of guanidine groups is 1. The second-order valence-electron chi connectivity index (χ2n) is 5.28. The molecule has 6 nitrogen and oxygen atoms in total. The Bertz CT molecular complexity index is 649. The SMILES string of the molecule is CCNC(=NCCOc1ccccc1Cl)NC1CCS(=O)(=O)C1. The second kappa shape index (κ2) is 8.40. The lowest BCUT2D eigenvalue weighted by Gasteiger charge is -2.16. The molecule has 1 atom stereocenters. The molecule has 0 saturated carbocycles. The zero-order valence-electron chi connectivity index (χ0n) is 13.1. The fourth-order valence-corrected chi connectivity index (χ4v) is 4.16. The maximum Gasteiger partial charge on any atom is 0.191 e. The van der Waals surface area contributed by atoms with Crippen molar-refractivity contribution in [2.24, 2.45) is 4.99 Å². The summed E-state index contributed by atoms with van der Waals surface area (Å²) in [6, 6.07) is 7.19. The number of nitrogens with zero attached hydrogens (tertiary/aromatic N) is 1. The molecule has 0 aliphatic carbocycles. The quantitative estimate of drug-likeness (QED) is 0.456. The van der Waals surface area contributed by atoms with Crippen LogP contribution in [0.5, 0.6) is 5.75 Å². The third-order valence-electron chi connectivity index (χ3n) is 3.37. The van der Waals surface area contributed by atoms with Gasteiger partial charge in [0.2, 0.25) is 0 Å². The Morgan fingerprint density at radius 2 is 2.22 bits per heavy atom. The molecule has 8 heteroatoms. The highest BCUT2D eigenvalue weighted by Crippen LogP contribution is 2.22. The number of ether oxygens (including phenoxy) is 1. The van der Waals surface area contributed by atoms with Crippen LogP contribution in [0, 0.1) is 0 Å². The van der Waals surface area contributed by atoms with Gasteiger partial charge in [0.1, 0.15) is 12.4 Å². The summed E-state index contributed by atoms with van der Waals surface area (Å²) in [4.78, 5) is 4.40. The topological polar surface area (TPSA) is 79.8 Å². The number of rotatable bonds is 6. The summed E-state index contributed by atoms with van der Waals surface area (Å²) in [6.45, 7) is 3.50. The zero-order chi connectivity index (χ0) is 16.7. The first-order valence-electron chi connectivity index (χ1n) is 7.63. The van der Waals surface area contributed by atoms with E-state index < -0.39 is 9.84 Å². The molecular formula is C15H22ClN3O3S. The van der Waals surface area contributed by atoms with Crippen LogP contribution >= 0.6 is 11.6 Å². The molecule has 1 saturated heterocycles. The van der Waals surface area contributed by atoms with Crippen LogP contribution in [0.1, 0.15) is 13.3 Å². The van der Waals surface area contributed by atoms with Gasteiger partial charge in [-0.3, -0.25) is 0 Å². The average molecular weight is 360 g/mol. The lowest BCUT2D eigenvalue weighted by atomic mass is 10.3. The molecule has 1 aromatic carbocycles. The van der Waals surface area contributed by atoms with Gasteiger partial charge in [0.15, 0.2) is 15.8 Å². The van der Waals surface area contributed by atoms with Crippen molar-refractivity contribution in [2.45, 2.75) is 19.4 Å². The number of benzene rings is 1. The molecule has 1 heterocycles. The summed E-state index contributed by atoms with van der Waals surface area (Å²) in [5.41, 5.74) is 0. The van der Waals surface area contributed by atoms with E-state index in [4.69, 9.17) is 16.3 Å². The standard InChI is InChI=1S/C15H22ClN3O3S/c1-2-17-15(19-12-7-10-23(20,21)11-12)18-8-9-22-14-6-4-3-5-13(14)16/h3-6,12H,2,7-11H2,1H3,(H2,17,18,19). The van der Waals surface area contributed by atoms with E-state index in [2.05, 4.69) is 15.6 Å². The van der Waals surface area contributed by atoms with Crippen LogP contribution in [0.2, 0.25) is 5.02 Å². The fourth-order valence-electron chi connectivity index (χ4n) is 2.30. The minimum absolute atomic E-state index is 0.0812. The third-order valence-corrected chi connectivity index (χ3v) is 5.45. The predicted molar refractivity (Wildman–Crippen MR) is 93.1 cm³/mol. The van der Waals surface area contributed by atoms with Crippen molar-refractivity contribution in [1.29, 1.82) is 0 Å². The molecule has 1 aliphatic rings. The summed E-state index contributed by atoms with van der Waals surface area (Å²) in [6.07, 6.45) is 0.614. The van der Waals surface area contributed by atoms with Gasteiger partial charge < -0.3 is 15.4 Å². The minimum atomic E-state index is -2.91. The average Bonchev–Trinajstić information content (AvgIpc) is 2.84. The van der Waals surface area contributed by atoms with E-state index in [1.165, 1.54) is 0 Å². The van der Waals surface area contributed by atoms with Gasteiger partial charge in [-0.2, -0.15) is 0 Å². The molecule has 0 bridgehead atoms. The molecular weight excluding hydrogens is 338 g/mol. The second-order valence-corrected chi connectivity index (χ2v) is 7.92. The fraction of sp³-hybridized carbons (Fsp3) is 0.533. The van der Waals surface area contributed by atoms with E-state index in [0.717, 1.165) is 0 Å². The number of hydrogen-bond donors (Lipinski definition) is 2. The normalized spacial score (nSPS) is 20.3. The highest BCUT2D eigenvalue weighted by Gasteiger charge is 2.28. The molecule has 1 aliphatic heterocycles. The van der Waals surface area contributed by atoms with Gasteiger partial charge in [-0.1, -0.05) is 23.7 Å². The number of halogens is 1. The Morgan fingerprint density at radius 1 is 1.43 bits per heavy atom. The van der Waals surface area contributed by atoms with E-state index in [0.29, 0.717) is 42.8 Å². The summed E-state index contributed by atoms with van der Waals surface area (Å²) in [7, 11) is -2.91. The van der Waals surface area contributed by atoms with E-state index in [-0.39, 0.29) is 17.5 Å².